The number of piperazine rings is 1. The van der Waals surface area contributed by atoms with Crippen molar-refractivity contribution in [2.45, 2.75) is 57.1 Å². The minimum Gasteiger partial charge on any atom is -0.390 e. The van der Waals surface area contributed by atoms with Crippen molar-refractivity contribution in [1.82, 2.24) is 20.0 Å². The molecule has 1 aromatic carbocycles. The number of hydrogen-bond donors (Lipinski definition) is 4. The summed E-state index contributed by atoms with van der Waals surface area (Å²) < 4.78 is 31.2. The van der Waals surface area contributed by atoms with E-state index in [1.165, 1.54) is 16.8 Å². The summed E-state index contributed by atoms with van der Waals surface area (Å²) in [4.78, 5) is 26.8. The topological polar surface area (TPSA) is 93.6 Å². The van der Waals surface area contributed by atoms with Crippen LogP contribution in [0.25, 0.3) is 5.69 Å². The second kappa shape index (κ2) is 10.4. The molecule has 2 aromatic rings. The summed E-state index contributed by atoms with van der Waals surface area (Å²) in [5.41, 5.74) is 0.292. The maximum absolute atomic E-state index is 14.8. The molecule has 2 aliphatic rings. The van der Waals surface area contributed by atoms with Gasteiger partial charge in [0, 0.05) is 50.9 Å². The third-order valence-electron chi connectivity index (χ3n) is 6.77. The van der Waals surface area contributed by atoms with Crippen LogP contribution in [0.1, 0.15) is 50.6 Å². The summed E-state index contributed by atoms with van der Waals surface area (Å²) >= 11 is 3.61. The number of rotatable bonds is 8. The van der Waals surface area contributed by atoms with E-state index >= 15 is 0 Å². The number of halogens is 2. The van der Waals surface area contributed by atoms with Crippen LogP contribution in [-0.4, -0.2) is 62.7 Å². The average molecular weight is 496 g/mol. The Morgan fingerprint density at radius 3 is 2.32 bits per heavy atom. The Morgan fingerprint density at radius 1 is 1.12 bits per heavy atom. The number of nitrogens with zero attached hydrogens (tertiary/aromatic N) is 3. The van der Waals surface area contributed by atoms with Gasteiger partial charge in [0.2, 0.25) is 5.91 Å². The molecular formula is C23H31F2N5O3S. The van der Waals surface area contributed by atoms with Gasteiger partial charge in [0.15, 0.2) is 11.6 Å². The van der Waals surface area contributed by atoms with Crippen LogP contribution in [0.4, 0.5) is 19.3 Å². The lowest BCUT2D eigenvalue weighted by Gasteiger charge is -2.36. The van der Waals surface area contributed by atoms with Gasteiger partial charge in [0.1, 0.15) is 5.69 Å². The third kappa shape index (κ3) is 5.75. The normalized spacial score (nSPS) is 17.9. The largest absolute Gasteiger partial charge is 0.390 e. The van der Waals surface area contributed by atoms with Crippen LogP contribution in [0.5, 0.6) is 0 Å². The monoisotopic (exact) mass is 495 g/mol. The van der Waals surface area contributed by atoms with Crippen molar-refractivity contribution in [2.24, 2.45) is 0 Å². The Morgan fingerprint density at radius 2 is 1.74 bits per heavy atom. The molecule has 11 heteroatoms. The lowest BCUT2D eigenvalue weighted by molar-refractivity contribution is -0.131. The minimum absolute atomic E-state index is 0.0260. The van der Waals surface area contributed by atoms with E-state index in [9.17, 15) is 23.5 Å². The number of H-pyrrole nitrogens is 1. The molecule has 1 aliphatic heterocycles. The van der Waals surface area contributed by atoms with E-state index in [0.717, 1.165) is 25.7 Å². The number of carbonyl (C=O) groups excluding carboxylic acids is 2. The average Bonchev–Trinajstić information content (AvgIpc) is 3.18. The Hall–Kier alpha value is -2.53. The van der Waals surface area contributed by atoms with Gasteiger partial charge in [0.05, 0.1) is 23.5 Å². The highest BCUT2D eigenvalue weighted by atomic mass is 32.1. The number of hydrogen-bond acceptors (Lipinski definition) is 4. The van der Waals surface area contributed by atoms with Crippen LogP contribution in [0.2, 0.25) is 0 Å². The van der Waals surface area contributed by atoms with E-state index < -0.39 is 22.5 Å². The third-order valence-corrected chi connectivity index (χ3v) is 6.93. The number of nitrogens with one attached hydrogen (secondary N) is 2. The molecule has 0 bridgehead atoms. The number of aromatic amines is 1. The highest BCUT2D eigenvalue weighted by molar-refractivity contribution is 7.96. The first-order valence-corrected chi connectivity index (χ1v) is 12.2. The molecule has 0 unspecified atom stereocenters. The van der Waals surface area contributed by atoms with Gasteiger partial charge in [-0.1, -0.05) is 25.5 Å². The molecule has 0 atom stereocenters. The van der Waals surface area contributed by atoms with Gasteiger partial charge in [0.25, 0.3) is 5.24 Å². The van der Waals surface area contributed by atoms with Gasteiger partial charge in [-0.25, -0.2) is 8.78 Å². The molecule has 1 aromatic heterocycles. The predicted octanol–water partition coefficient (Wildman–Crippen LogP) is 3.35. The molecule has 4 rings (SSSR count). The van der Waals surface area contributed by atoms with Gasteiger partial charge in [-0.15, -0.1) is 0 Å². The number of thiol groups is 1. The quantitative estimate of drug-likeness (QED) is 0.423. The van der Waals surface area contributed by atoms with Gasteiger partial charge < -0.3 is 20.2 Å². The zero-order chi connectivity index (χ0) is 24.3. The first-order valence-electron chi connectivity index (χ1n) is 11.7. The van der Waals surface area contributed by atoms with E-state index in [1.54, 1.807) is 16.0 Å². The molecule has 0 spiro atoms. The fraction of sp³-hybridized carbons (Fsp3) is 0.565. The fourth-order valence-electron chi connectivity index (χ4n) is 4.88. The van der Waals surface area contributed by atoms with Gasteiger partial charge in [-0.2, -0.15) is 0 Å². The second-order valence-corrected chi connectivity index (χ2v) is 9.61. The molecular weight excluding hydrogens is 464 g/mol. The number of aliphatic hydroxyl groups is 1. The minimum atomic E-state index is -0.674. The van der Waals surface area contributed by atoms with Crippen molar-refractivity contribution in [3.8, 4) is 5.69 Å². The first kappa shape index (κ1) is 24.6. The smallest absolute Gasteiger partial charge is 0.276 e. The maximum Gasteiger partial charge on any atom is 0.276 e. The zero-order valence-corrected chi connectivity index (χ0v) is 19.9. The van der Waals surface area contributed by atoms with Gasteiger partial charge in [-0.05, 0) is 25.7 Å². The fourth-order valence-corrected chi connectivity index (χ4v) is 4.96. The van der Waals surface area contributed by atoms with Crippen molar-refractivity contribution in [3.05, 3.63) is 35.7 Å². The summed E-state index contributed by atoms with van der Waals surface area (Å²) in [6.07, 6.45) is 7.04. The van der Waals surface area contributed by atoms with Crippen LogP contribution in [0.3, 0.4) is 0 Å². The van der Waals surface area contributed by atoms with E-state index in [4.69, 9.17) is 0 Å². The molecule has 2 fully saturated rings. The second-order valence-electron chi connectivity index (χ2n) is 9.21. The van der Waals surface area contributed by atoms with E-state index in [1.807, 2.05) is 0 Å². The number of amides is 2. The molecule has 186 valence electrons. The molecule has 2 heterocycles. The lowest BCUT2D eigenvalue weighted by Crippen LogP contribution is -2.49. The van der Waals surface area contributed by atoms with E-state index in [-0.39, 0.29) is 18.1 Å². The van der Waals surface area contributed by atoms with Gasteiger partial charge >= 0.3 is 0 Å². The SMILES string of the molecule is O=C(S)NCc1cn(-c2cc(F)c(N3CCN(C(=O)CCCC4(O)CCCC4)CC3)c(F)c2)[nH]1. The number of benzene rings is 1. The van der Waals surface area contributed by atoms with Crippen LogP contribution in [0, 0.1) is 11.6 Å². The number of carbonyl (C=O) groups is 2. The molecule has 34 heavy (non-hydrogen) atoms. The summed E-state index contributed by atoms with van der Waals surface area (Å²) in [6, 6.07) is 2.50. The van der Waals surface area contributed by atoms with Crippen LogP contribution in [0.15, 0.2) is 18.3 Å². The van der Waals surface area contributed by atoms with Crippen molar-refractivity contribution >= 4 is 29.5 Å². The summed E-state index contributed by atoms with van der Waals surface area (Å²) in [7, 11) is 0. The highest BCUT2D eigenvalue weighted by Gasteiger charge is 2.31. The Kier molecular flexibility index (Phi) is 7.51. The van der Waals surface area contributed by atoms with Crippen molar-refractivity contribution < 1.29 is 23.5 Å². The van der Waals surface area contributed by atoms with Crippen molar-refractivity contribution in [3.63, 3.8) is 0 Å². The van der Waals surface area contributed by atoms with E-state index in [0.29, 0.717) is 56.8 Å². The Labute approximate surface area is 202 Å². The Balaban J connectivity index is 1.29. The predicted molar refractivity (Wildman–Crippen MR) is 127 cm³/mol. The van der Waals surface area contributed by atoms with Gasteiger partial charge in [-0.3, -0.25) is 19.4 Å². The molecule has 0 radical (unpaired) electrons. The summed E-state index contributed by atoms with van der Waals surface area (Å²) in [5.74, 6) is -1.32. The van der Waals surface area contributed by atoms with Crippen molar-refractivity contribution in [1.29, 1.82) is 0 Å². The van der Waals surface area contributed by atoms with Crippen LogP contribution < -0.4 is 10.2 Å². The molecule has 1 saturated heterocycles. The first-order chi connectivity index (χ1) is 16.2. The summed E-state index contributed by atoms with van der Waals surface area (Å²) in [5, 5.41) is 15.4. The Bertz CT molecular complexity index is 991. The van der Waals surface area contributed by atoms with Crippen LogP contribution in [-0.2, 0) is 11.3 Å². The summed E-state index contributed by atoms with van der Waals surface area (Å²) in [6.45, 7) is 1.74. The zero-order valence-electron chi connectivity index (χ0n) is 19.0. The van der Waals surface area contributed by atoms with E-state index in [2.05, 4.69) is 23.0 Å². The standard InChI is InChI=1S/C23H31F2N5O3S/c24-18-12-17(30-15-16(27-30)14-26-22(32)34)13-19(25)21(18)29-10-8-28(9-11-29)20(31)4-3-7-23(33)5-1-2-6-23/h12-13,15,27,33H,1-11,14H2,(H2,26,32,34). The molecule has 1 aliphatic carbocycles. The maximum atomic E-state index is 14.8. The molecule has 8 nitrogen and oxygen atoms in total. The molecule has 1 saturated carbocycles. The molecule has 2 amide bonds. The highest BCUT2D eigenvalue weighted by Crippen LogP contribution is 2.34. The molecule has 3 N–H and O–H groups in total. The van der Waals surface area contributed by atoms with Crippen LogP contribution >= 0.6 is 12.6 Å². The lowest BCUT2D eigenvalue weighted by atomic mass is 9.95. The van der Waals surface area contributed by atoms with Crippen molar-refractivity contribution in [2.75, 3.05) is 31.1 Å². The number of aromatic nitrogens is 2. The number of anilines is 1.